The lowest BCUT2D eigenvalue weighted by atomic mass is 10.1. The van der Waals surface area contributed by atoms with Crippen LogP contribution in [0.5, 0.6) is 0 Å². The number of nitrogens with one attached hydrogen (secondary N) is 1. The Kier molecular flexibility index (Phi) is 6.41. The van der Waals surface area contributed by atoms with E-state index in [0.717, 1.165) is 0 Å². The van der Waals surface area contributed by atoms with Crippen molar-refractivity contribution in [2.45, 2.75) is 6.18 Å². The number of hydrogen-bond acceptors (Lipinski definition) is 5. The van der Waals surface area contributed by atoms with Gasteiger partial charge in [0.2, 0.25) is 0 Å². The summed E-state index contributed by atoms with van der Waals surface area (Å²) in [5.74, 6) is 0. The van der Waals surface area contributed by atoms with Crippen LogP contribution in [0.4, 0.5) is 35.9 Å². The van der Waals surface area contributed by atoms with Crippen molar-refractivity contribution in [2.24, 2.45) is 0 Å². The third kappa shape index (κ3) is 4.15. The molecule has 0 aliphatic heterocycles. The van der Waals surface area contributed by atoms with E-state index in [0.29, 0.717) is 0 Å². The van der Waals surface area contributed by atoms with Crippen LogP contribution < -0.4 is 5.32 Å². The first-order chi connectivity index (χ1) is 12.8. The van der Waals surface area contributed by atoms with Gasteiger partial charge in [-0.05, 0) is 0 Å². The van der Waals surface area contributed by atoms with Crippen LogP contribution in [-0.4, -0.2) is 9.85 Å². The van der Waals surface area contributed by atoms with Gasteiger partial charge in [-0.15, -0.1) is 0 Å². The second-order valence-electron chi connectivity index (χ2n) is 4.97. The Balaban J connectivity index is 2.84. The van der Waals surface area contributed by atoms with Gasteiger partial charge in [-0.1, -0.05) is 58.0 Å². The fraction of sp³-hybridized carbons (Fsp3) is 0.0769. The van der Waals surface area contributed by atoms with Crippen molar-refractivity contribution in [3.05, 3.63) is 63.0 Å². The zero-order chi connectivity index (χ0) is 21.5. The summed E-state index contributed by atoms with van der Waals surface area (Å²) in [6.07, 6.45) is -5.07. The highest BCUT2D eigenvalue weighted by molar-refractivity contribution is 6.56. The van der Waals surface area contributed by atoms with E-state index in [1.807, 2.05) is 0 Å². The highest BCUT2D eigenvalue weighted by Crippen LogP contribution is 2.50. The fourth-order valence-electron chi connectivity index (χ4n) is 2.03. The van der Waals surface area contributed by atoms with E-state index in [1.165, 1.54) is 0 Å². The second kappa shape index (κ2) is 7.96. The smallest absolute Gasteiger partial charge is 0.342 e. The molecule has 150 valence electrons. The number of nitro groups is 2. The first-order valence-electron chi connectivity index (χ1n) is 6.59. The van der Waals surface area contributed by atoms with Gasteiger partial charge in [0.25, 0.3) is 11.4 Å². The van der Waals surface area contributed by atoms with Gasteiger partial charge in [-0.25, -0.2) is 0 Å². The van der Waals surface area contributed by atoms with E-state index in [4.69, 9.17) is 58.0 Å². The Morgan fingerprint density at radius 1 is 0.750 bits per heavy atom. The molecule has 2 aromatic carbocycles. The molecule has 0 saturated carbocycles. The molecule has 7 nitrogen and oxygen atoms in total. The van der Waals surface area contributed by atoms with Crippen LogP contribution in [0.3, 0.4) is 0 Å². The number of benzene rings is 2. The molecule has 0 atom stereocenters. The highest BCUT2D eigenvalue weighted by Gasteiger charge is 2.38. The highest BCUT2D eigenvalue weighted by atomic mass is 35.5. The van der Waals surface area contributed by atoms with Gasteiger partial charge in [0.15, 0.2) is 5.69 Å². The standard InChI is InChI=1S/C13H3Cl5F3N3O4/c14-6-7(15)9(17)12(10(18)8(6)16)22-11-4(23(25)26)1-3(13(19,20)21)2-5(11)24(27)28/h1-2,22H. The van der Waals surface area contributed by atoms with Crippen LogP contribution in [-0.2, 0) is 6.18 Å². The van der Waals surface area contributed by atoms with Crippen molar-refractivity contribution in [1.82, 2.24) is 0 Å². The summed E-state index contributed by atoms with van der Waals surface area (Å²) in [6.45, 7) is 0. The van der Waals surface area contributed by atoms with E-state index in [2.05, 4.69) is 5.32 Å². The maximum absolute atomic E-state index is 13.0. The lowest BCUT2D eigenvalue weighted by Crippen LogP contribution is -2.09. The Morgan fingerprint density at radius 2 is 1.11 bits per heavy atom. The third-order valence-electron chi connectivity index (χ3n) is 3.28. The number of hydrogen-bond donors (Lipinski definition) is 1. The summed E-state index contributed by atoms with van der Waals surface area (Å²) >= 11 is 29.4. The molecule has 0 amide bonds. The molecule has 0 heterocycles. The molecule has 2 aromatic rings. The van der Waals surface area contributed by atoms with Crippen LogP contribution in [0, 0.1) is 20.2 Å². The summed E-state index contributed by atoms with van der Waals surface area (Å²) in [4.78, 5) is 20.0. The summed E-state index contributed by atoms with van der Waals surface area (Å²) in [5, 5.41) is 22.9. The second-order valence-corrected chi connectivity index (χ2v) is 6.86. The molecule has 0 aliphatic rings. The monoisotopic (exact) mass is 497 g/mol. The van der Waals surface area contributed by atoms with Gasteiger partial charge < -0.3 is 5.32 Å². The maximum Gasteiger partial charge on any atom is 0.416 e. The maximum atomic E-state index is 13.0. The molecule has 2 rings (SSSR count). The summed E-state index contributed by atoms with van der Waals surface area (Å²) < 4.78 is 38.9. The third-order valence-corrected chi connectivity index (χ3v) is 5.55. The number of anilines is 2. The Hall–Kier alpha value is -1.72. The number of halogens is 8. The number of nitrogens with zero attached hydrogens (tertiary/aromatic N) is 2. The van der Waals surface area contributed by atoms with E-state index in [9.17, 15) is 33.4 Å². The van der Waals surface area contributed by atoms with Crippen LogP contribution in [0.1, 0.15) is 5.56 Å². The van der Waals surface area contributed by atoms with E-state index in [1.54, 1.807) is 0 Å². The molecule has 0 bridgehead atoms. The van der Waals surface area contributed by atoms with Crippen molar-refractivity contribution < 1.29 is 23.0 Å². The lowest BCUT2D eigenvalue weighted by molar-refractivity contribution is -0.392. The number of nitro benzene ring substituents is 2. The van der Waals surface area contributed by atoms with Crippen molar-refractivity contribution in [2.75, 3.05) is 5.32 Å². The molecule has 28 heavy (non-hydrogen) atoms. The van der Waals surface area contributed by atoms with Gasteiger partial charge in [0.1, 0.15) is 0 Å². The molecular weight excluding hydrogens is 496 g/mol. The number of rotatable bonds is 4. The van der Waals surface area contributed by atoms with E-state index < -0.39 is 54.4 Å². The topological polar surface area (TPSA) is 98.3 Å². The van der Waals surface area contributed by atoms with Crippen molar-refractivity contribution >= 4 is 80.8 Å². The van der Waals surface area contributed by atoms with Crippen molar-refractivity contribution in [1.29, 1.82) is 0 Å². The van der Waals surface area contributed by atoms with Gasteiger partial charge in [0, 0.05) is 12.1 Å². The zero-order valence-corrected chi connectivity index (χ0v) is 16.5. The van der Waals surface area contributed by atoms with E-state index >= 15 is 0 Å². The average Bonchev–Trinajstić information content (AvgIpc) is 2.60. The molecule has 0 aromatic heterocycles. The Bertz CT molecular complexity index is 952. The zero-order valence-electron chi connectivity index (χ0n) is 12.7. The Labute approximate surface area is 178 Å². The molecule has 15 heteroatoms. The molecule has 0 aliphatic carbocycles. The van der Waals surface area contributed by atoms with Gasteiger partial charge >= 0.3 is 6.18 Å². The van der Waals surface area contributed by atoms with Gasteiger partial charge in [-0.3, -0.25) is 20.2 Å². The molecular formula is C13H3Cl5F3N3O4. The van der Waals surface area contributed by atoms with Gasteiger partial charge in [-0.2, -0.15) is 13.2 Å². The predicted octanol–water partition coefficient (Wildman–Crippen LogP) is 7.53. The van der Waals surface area contributed by atoms with Crippen LogP contribution in [0.25, 0.3) is 0 Å². The molecule has 0 radical (unpaired) electrons. The Morgan fingerprint density at radius 3 is 1.43 bits per heavy atom. The normalized spacial score (nSPS) is 11.4. The minimum atomic E-state index is -5.07. The largest absolute Gasteiger partial charge is 0.416 e. The minimum Gasteiger partial charge on any atom is -0.342 e. The van der Waals surface area contributed by atoms with E-state index in [-0.39, 0.29) is 27.2 Å². The first kappa shape index (κ1) is 22.6. The van der Waals surface area contributed by atoms with Crippen LogP contribution in [0.15, 0.2) is 12.1 Å². The first-order valence-corrected chi connectivity index (χ1v) is 8.48. The number of alkyl halides is 3. The molecule has 1 N–H and O–H groups in total. The van der Waals surface area contributed by atoms with Crippen LogP contribution >= 0.6 is 58.0 Å². The van der Waals surface area contributed by atoms with Crippen molar-refractivity contribution in [3.8, 4) is 0 Å². The SMILES string of the molecule is O=[N+]([O-])c1cc(C(F)(F)F)cc([N+](=O)[O-])c1Nc1c(Cl)c(Cl)c(Cl)c(Cl)c1Cl. The average molecular weight is 499 g/mol. The summed E-state index contributed by atoms with van der Waals surface area (Å²) in [7, 11) is 0. The predicted molar refractivity (Wildman–Crippen MR) is 99.5 cm³/mol. The van der Waals surface area contributed by atoms with Gasteiger partial charge in [0.05, 0.1) is 46.2 Å². The quantitative estimate of drug-likeness (QED) is 0.203. The molecule has 0 fully saturated rings. The summed E-state index contributed by atoms with van der Waals surface area (Å²) in [6, 6.07) is 0.243. The van der Waals surface area contributed by atoms with Crippen LogP contribution in [0.2, 0.25) is 25.1 Å². The summed E-state index contributed by atoms with van der Waals surface area (Å²) in [5.41, 5.74) is -5.44. The lowest BCUT2D eigenvalue weighted by Gasteiger charge is -2.15. The van der Waals surface area contributed by atoms with Crippen molar-refractivity contribution in [3.63, 3.8) is 0 Å². The molecule has 0 saturated heterocycles. The molecule has 0 spiro atoms. The fourth-order valence-corrected chi connectivity index (χ4v) is 3.26. The molecule has 0 unspecified atom stereocenters. The minimum absolute atomic E-state index is 0.121.